The van der Waals surface area contributed by atoms with Crippen LogP contribution in [0.1, 0.15) is 33.6 Å². The largest absolute Gasteiger partial charge is 0.487 e. The van der Waals surface area contributed by atoms with Gasteiger partial charge in [0.15, 0.2) is 17.4 Å². The molecule has 31 heavy (non-hydrogen) atoms. The third-order valence-corrected chi connectivity index (χ3v) is 5.86. The number of piperidine rings is 1. The minimum atomic E-state index is -0.956. The van der Waals surface area contributed by atoms with Gasteiger partial charge in [0.05, 0.1) is 6.61 Å². The number of pyridine rings is 1. The second-order valence-electron chi connectivity index (χ2n) is 9.19. The lowest BCUT2D eigenvalue weighted by atomic mass is 9.77. The van der Waals surface area contributed by atoms with Crippen molar-refractivity contribution in [2.75, 3.05) is 13.2 Å². The first-order valence-corrected chi connectivity index (χ1v) is 10.3. The summed E-state index contributed by atoms with van der Waals surface area (Å²) in [6.07, 6.45) is 1.70. The molecule has 1 aliphatic heterocycles. The fraction of sp³-hybridized carbons (Fsp3) is 0.478. The number of benzene rings is 1. The monoisotopic (exact) mass is 434 g/mol. The van der Waals surface area contributed by atoms with E-state index in [1.807, 2.05) is 20.8 Å². The minimum absolute atomic E-state index is 0.0181. The van der Waals surface area contributed by atoms with Gasteiger partial charge in [-0.05, 0) is 53.5 Å². The summed E-state index contributed by atoms with van der Waals surface area (Å²) in [5, 5.41) is 9.47. The van der Waals surface area contributed by atoms with Gasteiger partial charge in [-0.1, -0.05) is 20.8 Å². The molecule has 2 heterocycles. The van der Waals surface area contributed by atoms with E-state index in [-0.39, 0.29) is 35.1 Å². The molecule has 0 radical (unpaired) electrons. The smallest absolute Gasteiger partial charge is 0.407 e. The Labute approximate surface area is 180 Å². The zero-order chi connectivity index (χ0) is 22.9. The normalized spacial score (nSPS) is 19.4. The van der Waals surface area contributed by atoms with Crippen molar-refractivity contribution in [2.24, 2.45) is 18.4 Å². The molecule has 3 rings (SSSR count). The molecule has 6 nitrogen and oxygen atoms in total. The molecule has 0 spiro atoms. The summed E-state index contributed by atoms with van der Waals surface area (Å²) in [6.45, 7) is 6.39. The number of hydrogen-bond acceptors (Lipinski definition) is 3. The molecule has 2 aromatic rings. The Kier molecular flexibility index (Phi) is 6.38. The number of likely N-dealkylation sites (tertiary alicyclic amines) is 1. The van der Waals surface area contributed by atoms with Crippen LogP contribution in [0.3, 0.4) is 0 Å². The Morgan fingerprint density at radius 2 is 1.84 bits per heavy atom. The Hall–Kier alpha value is -2.90. The van der Waals surface area contributed by atoms with E-state index in [2.05, 4.69) is 0 Å². The van der Waals surface area contributed by atoms with Crippen molar-refractivity contribution in [1.29, 1.82) is 0 Å². The van der Waals surface area contributed by atoms with E-state index in [0.29, 0.717) is 24.9 Å². The van der Waals surface area contributed by atoms with Gasteiger partial charge in [-0.15, -0.1) is 0 Å². The van der Waals surface area contributed by atoms with E-state index >= 15 is 0 Å². The summed E-state index contributed by atoms with van der Waals surface area (Å²) in [4.78, 5) is 24.8. The highest BCUT2D eigenvalue weighted by molar-refractivity contribution is 5.66. The van der Waals surface area contributed by atoms with Crippen molar-refractivity contribution in [2.45, 2.75) is 39.7 Å². The molecule has 0 saturated carbocycles. The first-order valence-electron chi connectivity index (χ1n) is 10.3. The second-order valence-corrected chi connectivity index (χ2v) is 9.19. The molecule has 0 bridgehead atoms. The first-order chi connectivity index (χ1) is 14.5. The van der Waals surface area contributed by atoms with Gasteiger partial charge in [-0.2, -0.15) is 0 Å². The van der Waals surface area contributed by atoms with Gasteiger partial charge >= 0.3 is 6.09 Å². The molecule has 1 amide bonds. The fourth-order valence-electron chi connectivity index (χ4n) is 4.03. The fourth-order valence-corrected chi connectivity index (χ4v) is 4.03. The predicted octanol–water partition coefficient (Wildman–Crippen LogP) is 4.51. The highest BCUT2D eigenvalue weighted by Gasteiger charge is 2.38. The van der Waals surface area contributed by atoms with Crippen molar-refractivity contribution in [3.05, 3.63) is 52.5 Å². The van der Waals surface area contributed by atoms with E-state index in [1.165, 1.54) is 21.7 Å². The van der Waals surface area contributed by atoms with Gasteiger partial charge in [0.25, 0.3) is 5.56 Å². The van der Waals surface area contributed by atoms with Crippen molar-refractivity contribution in [3.63, 3.8) is 0 Å². The van der Waals surface area contributed by atoms with Crippen molar-refractivity contribution < 1.29 is 23.4 Å². The van der Waals surface area contributed by atoms with Gasteiger partial charge in [-0.3, -0.25) is 4.79 Å². The van der Waals surface area contributed by atoms with Crippen LogP contribution >= 0.6 is 0 Å². The van der Waals surface area contributed by atoms with E-state index in [9.17, 15) is 23.5 Å². The molecule has 2 unspecified atom stereocenters. The summed E-state index contributed by atoms with van der Waals surface area (Å²) >= 11 is 0. The molecule has 8 heteroatoms. The Morgan fingerprint density at radius 3 is 2.39 bits per heavy atom. The maximum absolute atomic E-state index is 14.6. The lowest BCUT2D eigenvalue weighted by molar-refractivity contribution is 0.0295. The van der Waals surface area contributed by atoms with E-state index in [0.717, 1.165) is 12.1 Å². The van der Waals surface area contributed by atoms with Crippen LogP contribution in [0.15, 0.2) is 35.3 Å². The number of amides is 1. The average molecular weight is 434 g/mol. The van der Waals surface area contributed by atoms with Gasteiger partial charge in [0, 0.05) is 31.9 Å². The third-order valence-electron chi connectivity index (χ3n) is 5.86. The van der Waals surface area contributed by atoms with Crippen LogP contribution in [0.4, 0.5) is 13.6 Å². The molecule has 1 aromatic heterocycles. The van der Waals surface area contributed by atoms with Crippen LogP contribution in [0.2, 0.25) is 0 Å². The third kappa shape index (κ3) is 5.06. The maximum atomic E-state index is 14.6. The topological polar surface area (TPSA) is 71.8 Å². The maximum Gasteiger partial charge on any atom is 0.407 e. The number of nitrogens with zero attached hydrogens (tertiary/aromatic N) is 2. The standard InChI is InChI=1S/C23H28F2N2O4/c1-23(2,3)19-9-14(5-8-27(19)22(29)30)13-31-21-17(24)10-16(11-18(21)25)15-6-7-26(4)20(28)12-15/h6-7,10-12,14,19H,5,8-9,13H2,1-4H3,(H,29,30). The van der Waals surface area contributed by atoms with Crippen LogP contribution in [0.25, 0.3) is 11.1 Å². The Bertz CT molecular complexity index is 1010. The molecule has 1 aliphatic rings. The molecule has 1 N–H and O–H groups in total. The van der Waals surface area contributed by atoms with E-state index in [4.69, 9.17) is 4.74 Å². The molecule has 1 fully saturated rings. The number of hydrogen-bond donors (Lipinski definition) is 1. The number of halogens is 2. The number of ether oxygens (including phenoxy) is 1. The van der Waals surface area contributed by atoms with Gasteiger partial charge < -0.3 is 19.3 Å². The molecule has 1 aromatic carbocycles. The quantitative estimate of drug-likeness (QED) is 0.768. The van der Waals surface area contributed by atoms with Gasteiger partial charge in [0.2, 0.25) is 0 Å². The van der Waals surface area contributed by atoms with Crippen molar-refractivity contribution in [3.8, 4) is 16.9 Å². The number of carbonyl (C=O) groups is 1. The van der Waals surface area contributed by atoms with Crippen LogP contribution in [-0.2, 0) is 7.05 Å². The number of aryl methyl sites for hydroxylation is 1. The predicted molar refractivity (Wildman–Crippen MR) is 113 cm³/mol. The summed E-state index contributed by atoms with van der Waals surface area (Å²) < 4.78 is 36.1. The second kappa shape index (κ2) is 8.69. The summed E-state index contributed by atoms with van der Waals surface area (Å²) in [7, 11) is 1.59. The van der Waals surface area contributed by atoms with Crippen molar-refractivity contribution in [1.82, 2.24) is 9.47 Å². The van der Waals surface area contributed by atoms with Crippen molar-refractivity contribution >= 4 is 6.09 Å². The number of carboxylic acid groups (broad SMARTS) is 1. The summed E-state index contributed by atoms with van der Waals surface area (Å²) in [5.74, 6) is -2.16. The molecule has 168 valence electrons. The van der Waals surface area contributed by atoms with Crippen LogP contribution in [0, 0.1) is 23.0 Å². The van der Waals surface area contributed by atoms with E-state index < -0.39 is 23.5 Å². The molecule has 1 saturated heterocycles. The molecular formula is C23H28F2N2O4. The molecule has 0 aliphatic carbocycles. The van der Waals surface area contributed by atoms with Crippen LogP contribution < -0.4 is 10.3 Å². The average Bonchev–Trinajstić information content (AvgIpc) is 2.68. The molecular weight excluding hydrogens is 406 g/mol. The Balaban J connectivity index is 1.74. The zero-order valence-electron chi connectivity index (χ0n) is 18.2. The van der Waals surface area contributed by atoms with Gasteiger partial charge in [0.1, 0.15) is 0 Å². The highest BCUT2D eigenvalue weighted by atomic mass is 19.1. The summed E-state index contributed by atoms with van der Waals surface area (Å²) in [5.41, 5.74) is 0.131. The van der Waals surface area contributed by atoms with Crippen LogP contribution in [0.5, 0.6) is 5.75 Å². The minimum Gasteiger partial charge on any atom is -0.487 e. The molecule has 2 atom stereocenters. The number of rotatable bonds is 4. The van der Waals surface area contributed by atoms with Gasteiger partial charge in [-0.25, -0.2) is 13.6 Å². The lowest BCUT2D eigenvalue weighted by Gasteiger charge is -2.44. The summed E-state index contributed by atoms with van der Waals surface area (Å²) in [6, 6.07) is 5.03. The SMILES string of the molecule is Cn1ccc(-c2cc(F)c(OCC3CCN(C(=O)O)C(C(C)(C)C)C3)c(F)c2)cc1=O. The highest BCUT2D eigenvalue weighted by Crippen LogP contribution is 2.35. The lowest BCUT2D eigenvalue weighted by Crippen LogP contribution is -2.52. The first kappa shape index (κ1) is 22.8. The zero-order valence-corrected chi connectivity index (χ0v) is 18.2. The number of aromatic nitrogens is 1. The van der Waals surface area contributed by atoms with E-state index in [1.54, 1.807) is 13.1 Å². The van der Waals surface area contributed by atoms with Crippen LogP contribution in [-0.4, -0.2) is 39.9 Å². The Morgan fingerprint density at radius 1 is 1.19 bits per heavy atom.